The van der Waals surface area contributed by atoms with Crippen molar-refractivity contribution in [1.82, 2.24) is 9.88 Å². The lowest BCUT2D eigenvalue weighted by Gasteiger charge is -2.27. The third-order valence-electron chi connectivity index (χ3n) is 5.26. The lowest BCUT2D eigenvalue weighted by atomic mass is 9.81. The van der Waals surface area contributed by atoms with Gasteiger partial charge in [-0.2, -0.15) is 21.6 Å². The van der Waals surface area contributed by atoms with Gasteiger partial charge in [0.25, 0.3) is 5.91 Å². The molecule has 0 aliphatic carbocycles. The Hall–Kier alpha value is -3.64. The smallest absolute Gasteiger partial charge is 0.376 e. The fraction of sp³-hybridized carbons (Fsp3) is 0.136. The van der Waals surface area contributed by atoms with Crippen molar-refractivity contribution in [2.75, 3.05) is 7.05 Å². The molecule has 13 heteroatoms. The van der Waals surface area contributed by atoms with Crippen LogP contribution in [0.4, 0.5) is 13.2 Å². The second-order valence-corrected chi connectivity index (χ2v) is 8.92. The Morgan fingerprint density at radius 1 is 1.00 bits per heavy atom. The molecule has 1 amide bonds. The average Bonchev–Trinajstić information content (AvgIpc) is 3.04. The molecule has 2 aromatic carbocycles. The first-order chi connectivity index (χ1) is 16.0. The molecule has 0 saturated heterocycles. The van der Waals surface area contributed by atoms with E-state index in [0.29, 0.717) is 11.1 Å². The Labute approximate surface area is 204 Å². The zero-order valence-electron chi connectivity index (χ0n) is 17.9. The molecule has 0 fully saturated rings. The molecule has 0 radical (unpaired) electrons. The number of halogens is 4. The SMILES string of the molecule is CN1C(=O)C(c2cccc(OS(=O)(=O)C(F)(F)F)c2)(c2cccc(-c3cccnc3)c2)N=C1N.Cl. The Morgan fingerprint density at radius 3 is 2.20 bits per heavy atom. The third kappa shape index (κ3) is 4.54. The quantitative estimate of drug-likeness (QED) is 0.402. The van der Waals surface area contributed by atoms with Crippen LogP contribution in [0, 0.1) is 0 Å². The van der Waals surface area contributed by atoms with Crippen molar-refractivity contribution in [2.24, 2.45) is 10.7 Å². The number of guanidine groups is 1. The summed E-state index contributed by atoms with van der Waals surface area (Å²) in [5.41, 5.74) is 0.425. The summed E-state index contributed by atoms with van der Waals surface area (Å²) in [6, 6.07) is 15.1. The molecule has 184 valence electrons. The van der Waals surface area contributed by atoms with Crippen LogP contribution in [-0.4, -0.2) is 42.7 Å². The van der Waals surface area contributed by atoms with Gasteiger partial charge in [-0.05, 0) is 46.5 Å². The fourth-order valence-corrected chi connectivity index (χ4v) is 4.04. The largest absolute Gasteiger partial charge is 0.534 e. The first-order valence-electron chi connectivity index (χ1n) is 9.71. The summed E-state index contributed by atoms with van der Waals surface area (Å²) in [7, 11) is -4.51. The van der Waals surface area contributed by atoms with E-state index in [1.165, 1.54) is 19.2 Å². The summed E-state index contributed by atoms with van der Waals surface area (Å²) in [4.78, 5) is 23.0. The van der Waals surface area contributed by atoms with Crippen LogP contribution in [0.2, 0.25) is 0 Å². The number of nitrogens with zero attached hydrogens (tertiary/aromatic N) is 3. The Kier molecular flexibility index (Phi) is 6.82. The second kappa shape index (κ2) is 9.19. The summed E-state index contributed by atoms with van der Waals surface area (Å²) < 4.78 is 65.7. The van der Waals surface area contributed by atoms with Gasteiger partial charge >= 0.3 is 15.6 Å². The van der Waals surface area contributed by atoms with Gasteiger partial charge in [-0.15, -0.1) is 12.4 Å². The molecular formula is C22H18ClF3N4O4S. The number of hydrogen-bond donors (Lipinski definition) is 1. The van der Waals surface area contributed by atoms with Crippen molar-refractivity contribution in [3.63, 3.8) is 0 Å². The number of carbonyl (C=O) groups excluding carboxylic acids is 1. The van der Waals surface area contributed by atoms with E-state index in [2.05, 4.69) is 14.2 Å². The molecule has 0 spiro atoms. The molecule has 8 nitrogen and oxygen atoms in total. The van der Waals surface area contributed by atoms with Crippen LogP contribution in [-0.2, 0) is 20.5 Å². The van der Waals surface area contributed by atoms with Crippen molar-refractivity contribution in [1.29, 1.82) is 0 Å². The van der Waals surface area contributed by atoms with E-state index in [0.717, 1.165) is 22.6 Å². The number of aromatic nitrogens is 1. The molecule has 4 rings (SSSR count). The minimum atomic E-state index is -5.92. The highest BCUT2D eigenvalue weighted by Crippen LogP contribution is 2.42. The predicted octanol–water partition coefficient (Wildman–Crippen LogP) is 3.43. The molecule has 0 bridgehead atoms. The zero-order valence-corrected chi connectivity index (χ0v) is 19.6. The van der Waals surface area contributed by atoms with E-state index in [1.54, 1.807) is 42.7 Å². The summed E-state index contributed by atoms with van der Waals surface area (Å²) in [6.45, 7) is 0. The van der Waals surface area contributed by atoms with Gasteiger partial charge in [0, 0.05) is 19.4 Å². The number of alkyl halides is 3. The third-order valence-corrected chi connectivity index (χ3v) is 6.24. The lowest BCUT2D eigenvalue weighted by Crippen LogP contribution is -2.41. The minimum Gasteiger partial charge on any atom is -0.376 e. The van der Waals surface area contributed by atoms with Crippen molar-refractivity contribution < 1.29 is 30.6 Å². The van der Waals surface area contributed by atoms with Crippen LogP contribution < -0.4 is 9.92 Å². The van der Waals surface area contributed by atoms with Gasteiger partial charge in [0.15, 0.2) is 11.5 Å². The van der Waals surface area contributed by atoms with Gasteiger partial charge in [0.05, 0.1) is 0 Å². The van der Waals surface area contributed by atoms with Crippen LogP contribution in [0.3, 0.4) is 0 Å². The highest BCUT2D eigenvalue weighted by atomic mass is 35.5. The molecule has 2 N–H and O–H groups in total. The molecule has 1 aliphatic rings. The van der Waals surface area contributed by atoms with E-state index in [4.69, 9.17) is 5.73 Å². The number of benzene rings is 2. The summed E-state index contributed by atoms with van der Waals surface area (Å²) in [5, 5.41) is 0. The number of aliphatic imine (C=N–C) groups is 1. The van der Waals surface area contributed by atoms with Crippen molar-refractivity contribution in [3.05, 3.63) is 84.2 Å². The molecule has 1 unspecified atom stereocenters. The number of rotatable bonds is 5. The number of carbonyl (C=O) groups is 1. The minimum absolute atomic E-state index is 0. The van der Waals surface area contributed by atoms with Crippen LogP contribution in [0.25, 0.3) is 11.1 Å². The van der Waals surface area contributed by atoms with Gasteiger partial charge in [-0.3, -0.25) is 14.7 Å². The van der Waals surface area contributed by atoms with Crippen LogP contribution in [0.5, 0.6) is 5.75 Å². The molecule has 1 aliphatic heterocycles. The van der Waals surface area contributed by atoms with Crippen LogP contribution in [0.15, 0.2) is 78.0 Å². The maximum atomic E-state index is 13.4. The fourth-order valence-electron chi connectivity index (χ4n) is 3.59. The number of amides is 1. The predicted molar refractivity (Wildman–Crippen MR) is 124 cm³/mol. The number of pyridine rings is 1. The average molecular weight is 527 g/mol. The van der Waals surface area contributed by atoms with E-state index in [-0.39, 0.29) is 23.9 Å². The number of likely N-dealkylation sites (N-methyl/N-ethyl adjacent to an activating group) is 1. The van der Waals surface area contributed by atoms with E-state index < -0.39 is 32.8 Å². The zero-order chi connectivity index (χ0) is 24.7. The highest BCUT2D eigenvalue weighted by molar-refractivity contribution is 7.88. The van der Waals surface area contributed by atoms with Gasteiger partial charge in [0.1, 0.15) is 5.75 Å². The number of nitrogens with two attached hydrogens (primary N) is 1. The van der Waals surface area contributed by atoms with E-state index in [9.17, 15) is 26.4 Å². The molecule has 2 heterocycles. The van der Waals surface area contributed by atoms with Crippen molar-refractivity contribution in [2.45, 2.75) is 11.0 Å². The second-order valence-electron chi connectivity index (χ2n) is 7.38. The van der Waals surface area contributed by atoms with Gasteiger partial charge < -0.3 is 9.92 Å². The van der Waals surface area contributed by atoms with Gasteiger partial charge in [-0.1, -0.05) is 36.4 Å². The van der Waals surface area contributed by atoms with Crippen molar-refractivity contribution in [3.8, 4) is 16.9 Å². The standard InChI is InChI=1S/C22H17F3N4O4S.ClH/c1-29-19(30)21(28-20(29)26,16-7-2-5-14(11-16)15-6-4-10-27-13-15)17-8-3-9-18(12-17)33-34(31,32)22(23,24)25;/h2-13H,1H3,(H2,26,28);1H. The normalized spacial score (nSPS) is 18.1. The first-order valence-corrected chi connectivity index (χ1v) is 11.1. The highest BCUT2D eigenvalue weighted by Gasteiger charge is 2.51. The van der Waals surface area contributed by atoms with Crippen LogP contribution in [0.1, 0.15) is 11.1 Å². The summed E-state index contributed by atoms with van der Waals surface area (Å²) >= 11 is 0. The molecule has 35 heavy (non-hydrogen) atoms. The molecule has 3 aromatic rings. The number of hydrogen-bond acceptors (Lipinski definition) is 7. The monoisotopic (exact) mass is 526 g/mol. The molecular weight excluding hydrogens is 509 g/mol. The Morgan fingerprint density at radius 2 is 1.63 bits per heavy atom. The van der Waals surface area contributed by atoms with E-state index >= 15 is 0 Å². The summed E-state index contributed by atoms with van der Waals surface area (Å²) in [6.07, 6.45) is 3.23. The maximum Gasteiger partial charge on any atom is 0.534 e. The van der Waals surface area contributed by atoms with Crippen molar-refractivity contribution >= 4 is 34.4 Å². The van der Waals surface area contributed by atoms with Gasteiger partial charge in [-0.25, -0.2) is 4.99 Å². The van der Waals surface area contributed by atoms with Gasteiger partial charge in [0.2, 0.25) is 0 Å². The maximum absolute atomic E-state index is 13.4. The van der Waals surface area contributed by atoms with E-state index in [1.807, 2.05) is 6.07 Å². The van der Waals surface area contributed by atoms with Crippen LogP contribution >= 0.6 is 12.4 Å². The summed E-state index contributed by atoms with van der Waals surface area (Å²) in [5.74, 6) is -1.33. The Balaban J connectivity index is 0.00000342. The molecule has 1 aromatic heterocycles. The Bertz CT molecular complexity index is 1400. The topological polar surface area (TPSA) is 115 Å². The lowest BCUT2D eigenvalue weighted by molar-refractivity contribution is -0.129. The first kappa shape index (κ1) is 26.0. The molecule has 1 atom stereocenters. The molecule has 0 saturated carbocycles.